The summed E-state index contributed by atoms with van der Waals surface area (Å²) in [6.45, 7) is 6.41. The molecule has 1 heterocycles. The Hall–Kier alpha value is -1.09. The van der Waals surface area contributed by atoms with Gasteiger partial charge < -0.3 is 5.32 Å². The van der Waals surface area contributed by atoms with E-state index in [4.69, 9.17) is 0 Å². The molecule has 0 saturated carbocycles. The van der Waals surface area contributed by atoms with Gasteiger partial charge in [-0.3, -0.25) is 4.68 Å². The minimum absolute atomic E-state index is 0.502. The van der Waals surface area contributed by atoms with Gasteiger partial charge in [0, 0.05) is 18.8 Å². The van der Waals surface area contributed by atoms with Gasteiger partial charge in [0.2, 0.25) is 0 Å². The van der Waals surface area contributed by atoms with Gasteiger partial charge in [-0.1, -0.05) is 19.1 Å². The molecule has 1 aromatic rings. The number of allylic oxidation sites excluding steroid dienone is 2. The van der Waals surface area contributed by atoms with Crippen molar-refractivity contribution in [1.82, 2.24) is 15.1 Å². The lowest BCUT2D eigenvalue weighted by Gasteiger charge is -2.17. The van der Waals surface area contributed by atoms with Crippen LogP contribution in [0, 0.1) is 5.92 Å². The molecule has 1 aliphatic rings. The van der Waals surface area contributed by atoms with Crippen LogP contribution in [0.5, 0.6) is 0 Å². The molecule has 1 aliphatic carbocycles. The Kier molecular flexibility index (Phi) is 5.00. The smallest absolute Gasteiger partial charge is 0.0762 e. The topological polar surface area (TPSA) is 29.9 Å². The van der Waals surface area contributed by atoms with Crippen LogP contribution in [-0.4, -0.2) is 16.3 Å². The second-order valence-electron chi connectivity index (χ2n) is 5.33. The zero-order chi connectivity index (χ0) is 12.8. The molecule has 3 nitrogen and oxygen atoms in total. The first-order valence-corrected chi connectivity index (χ1v) is 7.19. The van der Waals surface area contributed by atoms with Gasteiger partial charge in [-0.15, -0.1) is 0 Å². The molecule has 0 saturated heterocycles. The van der Waals surface area contributed by atoms with E-state index in [0.29, 0.717) is 6.04 Å². The third-order valence-electron chi connectivity index (χ3n) is 3.82. The first-order valence-electron chi connectivity index (χ1n) is 7.19. The Morgan fingerprint density at radius 3 is 3.11 bits per heavy atom. The summed E-state index contributed by atoms with van der Waals surface area (Å²) in [5, 5.41) is 8.14. The highest BCUT2D eigenvalue weighted by Gasteiger charge is 2.09. The van der Waals surface area contributed by atoms with E-state index in [2.05, 4.69) is 53.4 Å². The maximum Gasteiger partial charge on any atom is 0.0762 e. The van der Waals surface area contributed by atoms with Crippen molar-refractivity contribution in [2.45, 2.75) is 52.1 Å². The van der Waals surface area contributed by atoms with Crippen molar-refractivity contribution in [3.8, 4) is 0 Å². The molecule has 1 aromatic heterocycles. The van der Waals surface area contributed by atoms with Gasteiger partial charge in [0.1, 0.15) is 0 Å². The Bertz CT molecular complexity index is 381. The van der Waals surface area contributed by atoms with Crippen LogP contribution in [0.3, 0.4) is 0 Å². The fourth-order valence-electron chi connectivity index (χ4n) is 2.35. The molecule has 1 N–H and O–H groups in total. The van der Waals surface area contributed by atoms with E-state index in [-0.39, 0.29) is 0 Å². The predicted molar refractivity (Wildman–Crippen MR) is 75.4 cm³/mol. The molecular formula is C15H25N3. The summed E-state index contributed by atoms with van der Waals surface area (Å²) in [6, 6.07) is 2.63. The van der Waals surface area contributed by atoms with Crippen molar-refractivity contribution in [2.24, 2.45) is 5.92 Å². The molecule has 2 rings (SSSR count). The first-order chi connectivity index (χ1) is 8.79. The van der Waals surface area contributed by atoms with Gasteiger partial charge in [0.25, 0.3) is 0 Å². The summed E-state index contributed by atoms with van der Waals surface area (Å²) in [5.41, 5.74) is 1.15. The minimum Gasteiger partial charge on any atom is -0.311 e. The van der Waals surface area contributed by atoms with Crippen LogP contribution in [0.1, 0.15) is 51.3 Å². The third kappa shape index (κ3) is 3.70. The second-order valence-corrected chi connectivity index (χ2v) is 5.33. The van der Waals surface area contributed by atoms with Crippen molar-refractivity contribution < 1.29 is 0 Å². The van der Waals surface area contributed by atoms with E-state index in [0.717, 1.165) is 31.1 Å². The van der Waals surface area contributed by atoms with Crippen LogP contribution < -0.4 is 5.32 Å². The Balaban J connectivity index is 1.73. The van der Waals surface area contributed by atoms with E-state index < -0.39 is 0 Å². The summed E-state index contributed by atoms with van der Waals surface area (Å²) in [7, 11) is 0. The highest BCUT2D eigenvalue weighted by molar-refractivity contribution is 4.99. The van der Waals surface area contributed by atoms with Gasteiger partial charge >= 0.3 is 0 Å². The monoisotopic (exact) mass is 247 g/mol. The molecule has 0 radical (unpaired) electrons. The van der Waals surface area contributed by atoms with Gasteiger partial charge in [0.05, 0.1) is 5.69 Å². The zero-order valence-electron chi connectivity index (χ0n) is 11.6. The molecule has 0 aliphatic heterocycles. The average Bonchev–Trinajstić information content (AvgIpc) is 2.88. The Morgan fingerprint density at radius 2 is 2.39 bits per heavy atom. The predicted octanol–water partition coefficient (Wildman–Crippen LogP) is 3.30. The number of aromatic nitrogens is 2. The van der Waals surface area contributed by atoms with Crippen molar-refractivity contribution in [3.05, 3.63) is 30.1 Å². The fraction of sp³-hybridized carbons (Fsp3) is 0.667. The highest BCUT2D eigenvalue weighted by atomic mass is 15.3. The lowest BCUT2D eigenvalue weighted by Crippen LogP contribution is -2.23. The summed E-state index contributed by atoms with van der Waals surface area (Å²) in [5.74, 6) is 0.812. The van der Waals surface area contributed by atoms with E-state index >= 15 is 0 Å². The van der Waals surface area contributed by atoms with Crippen LogP contribution in [-0.2, 0) is 6.54 Å². The molecule has 2 unspecified atom stereocenters. The Labute approximate surface area is 110 Å². The van der Waals surface area contributed by atoms with Crippen LogP contribution in [0.4, 0.5) is 0 Å². The van der Waals surface area contributed by atoms with Gasteiger partial charge in [-0.2, -0.15) is 5.10 Å². The van der Waals surface area contributed by atoms with Crippen molar-refractivity contribution in [3.63, 3.8) is 0 Å². The standard InChI is InChI=1S/C15H25N3/c1-3-13(2)18-10-9-15(17-18)12-16-11-14-7-5-4-6-8-14/h4-5,9-10,13-14,16H,3,6-8,11-12H2,1-2H3. The maximum absolute atomic E-state index is 4.60. The summed E-state index contributed by atoms with van der Waals surface area (Å²) in [4.78, 5) is 0. The zero-order valence-corrected chi connectivity index (χ0v) is 11.6. The van der Waals surface area contributed by atoms with Gasteiger partial charge in [0.15, 0.2) is 0 Å². The molecular weight excluding hydrogens is 222 g/mol. The molecule has 100 valence electrons. The molecule has 3 heteroatoms. The van der Waals surface area contributed by atoms with E-state index in [1.807, 2.05) is 0 Å². The number of hydrogen-bond donors (Lipinski definition) is 1. The van der Waals surface area contributed by atoms with Crippen LogP contribution in [0.25, 0.3) is 0 Å². The van der Waals surface area contributed by atoms with Crippen molar-refractivity contribution in [2.75, 3.05) is 6.54 Å². The van der Waals surface area contributed by atoms with Crippen LogP contribution in [0.2, 0.25) is 0 Å². The number of nitrogens with one attached hydrogen (secondary N) is 1. The van der Waals surface area contributed by atoms with Gasteiger partial charge in [-0.05, 0) is 51.1 Å². The average molecular weight is 247 g/mol. The SMILES string of the molecule is CCC(C)n1ccc(CNCC2CC=CCC2)n1. The number of nitrogens with zero attached hydrogens (tertiary/aromatic N) is 2. The van der Waals surface area contributed by atoms with E-state index in [1.54, 1.807) is 0 Å². The molecule has 0 bridgehead atoms. The number of hydrogen-bond acceptors (Lipinski definition) is 2. The number of rotatable bonds is 6. The lowest BCUT2D eigenvalue weighted by atomic mass is 9.94. The normalized spacial score (nSPS) is 21.1. The van der Waals surface area contributed by atoms with E-state index in [1.165, 1.54) is 19.3 Å². The molecule has 0 spiro atoms. The third-order valence-corrected chi connectivity index (χ3v) is 3.82. The molecule has 0 amide bonds. The summed E-state index contributed by atoms with van der Waals surface area (Å²) >= 11 is 0. The highest BCUT2D eigenvalue weighted by Crippen LogP contribution is 2.17. The summed E-state index contributed by atoms with van der Waals surface area (Å²) < 4.78 is 2.07. The van der Waals surface area contributed by atoms with E-state index in [9.17, 15) is 0 Å². The summed E-state index contributed by atoms with van der Waals surface area (Å²) in [6.07, 6.45) is 11.6. The van der Waals surface area contributed by atoms with Gasteiger partial charge in [-0.25, -0.2) is 0 Å². The van der Waals surface area contributed by atoms with Crippen molar-refractivity contribution in [1.29, 1.82) is 0 Å². The molecule has 0 aromatic carbocycles. The fourth-order valence-corrected chi connectivity index (χ4v) is 2.35. The largest absolute Gasteiger partial charge is 0.311 e. The first kappa shape index (κ1) is 13.3. The molecule has 2 atom stereocenters. The minimum atomic E-state index is 0.502. The van der Waals surface area contributed by atoms with Crippen LogP contribution >= 0.6 is 0 Å². The maximum atomic E-state index is 4.60. The van der Waals surface area contributed by atoms with Crippen LogP contribution in [0.15, 0.2) is 24.4 Å². The lowest BCUT2D eigenvalue weighted by molar-refractivity contribution is 0.434. The molecule has 0 fully saturated rings. The Morgan fingerprint density at radius 1 is 1.50 bits per heavy atom. The second kappa shape index (κ2) is 6.74. The van der Waals surface area contributed by atoms with Crippen molar-refractivity contribution >= 4 is 0 Å². The quantitative estimate of drug-likeness (QED) is 0.782. The molecule has 18 heavy (non-hydrogen) atoms.